The van der Waals surface area contributed by atoms with Crippen LogP contribution in [-0.4, -0.2) is 19.7 Å². The lowest BCUT2D eigenvalue weighted by atomic mass is 10.0. The lowest BCUT2D eigenvalue weighted by Gasteiger charge is -2.15. The van der Waals surface area contributed by atoms with Gasteiger partial charge in [-0.3, -0.25) is 4.68 Å². The fraction of sp³-hybridized carbons (Fsp3) is 0.267. The zero-order valence-electron chi connectivity index (χ0n) is 12.7. The van der Waals surface area contributed by atoms with E-state index in [0.29, 0.717) is 5.75 Å². The predicted octanol–water partition coefficient (Wildman–Crippen LogP) is 2.44. The predicted molar refractivity (Wildman–Crippen MR) is 85.7 cm³/mol. The van der Waals surface area contributed by atoms with E-state index in [1.54, 1.807) is 6.20 Å². The molecule has 22 heavy (non-hydrogen) atoms. The summed E-state index contributed by atoms with van der Waals surface area (Å²) in [6.45, 7) is 4.21. The molecule has 0 saturated carbocycles. The van der Waals surface area contributed by atoms with Crippen LogP contribution in [0.1, 0.15) is 25.3 Å². The first-order chi connectivity index (χ1) is 10.5. The first kappa shape index (κ1) is 14.1. The third kappa shape index (κ3) is 2.41. The van der Waals surface area contributed by atoms with Crippen LogP contribution in [-0.2, 0) is 7.05 Å². The molecule has 114 valence electrons. The summed E-state index contributed by atoms with van der Waals surface area (Å²) < 4.78 is 7.77. The van der Waals surface area contributed by atoms with Crippen molar-refractivity contribution in [2.45, 2.75) is 19.8 Å². The van der Waals surface area contributed by atoms with Gasteiger partial charge in [0.1, 0.15) is 5.75 Å². The third-order valence-corrected chi connectivity index (χ3v) is 3.52. The minimum absolute atomic E-state index is 0.122. The molecule has 4 N–H and O–H groups in total. The summed E-state index contributed by atoms with van der Waals surface area (Å²) in [6, 6.07) is 4.03. The topological polar surface area (TPSA) is 105 Å². The van der Waals surface area contributed by atoms with Crippen LogP contribution < -0.4 is 16.2 Å². The van der Waals surface area contributed by atoms with Crippen LogP contribution in [0.2, 0.25) is 0 Å². The zero-order valence-corrected chi connectivity index (χ0v) is 12.7. The number of ether oxygens (including phenoxy) is 1. The van der Waals surface area contributed by atoms with Crippen LogP contribution in [0.4, 0.5) is 11.8 Å². The largest absolute Gasteiger partial charge is 0.452 e. The number of aryl methyl sites for hydroxylation is 1. The molecular formula is C15H18N6O. The minimum Gasteiger partial charge on any atom is -0.452 e. The number of benzene rings is 1. The van der Waals surface area contributed by atoms with Crippen LogP contribution in [0.25, 0.3) is 10.9 Å². The molecule has 0 fully saturated rings. The van der Waals surface area contributed by atoms with Crippen molar-refractivity contribution in [2.75, 3.05) is 11.5 Å². The maximum absolute atomic E-state index is 5.93. The van der Waals surface area contributed by atoms with Crippen molar-refractivity contribution in [3.8, 4) is 11.5 Å². The lowest BCUT2D eigenvalue weighted by molar-refractivity contribution is 0.472. The van der Waals surface area contributed by atoms with Crippen molar-refractivity contribution < 1.29 is 4.74 Å². The van der Waals surface area contributed by atoms with Gasteiger partial charge in [0.15, 0.2) is 11.6 Å². The van der Waals surface area contributed by atoms with Gasteiger partial charge in [-0.15, -0.1) is 0 Å². The molecule has 0 spiro atoms. The van der Waals surface area contributed by atoms with E-state index < -0.39 is 0 Å². The van der Waals surface area contributed by atoms with Crippen molar-refractivity contribution in [1.29, 1.82) is 0 Å². The van der Waals surface area contributed by atoms with Crippen molar-refractivity contribution in [2.24, 2.45) is 7.05 Å². The summed E-state index contributed by atoms with van der Waals surface area (Å²) in [6.07, 6.45) is 3.28. The molecule has 0 unspecified atom stereocenters. The van der Waals surface area contributed by atoms with E-state index >= 15 is 0 Å². The second-order valence-corrected chi connectivity index (χ2v) is 5.45. The first-order valence-electron chi connectivity index (χ1n) is 6.97. The Hall–Kier alpha value is -2.83. The lowest BCUT2D eigenvalue weighted by Crippen LogP contribution is -2.02. The molecule has 0 radical (unpaired) electrons. The maximum Gasteiger partial charge on any atom is 0.222 e. The Kier molecular flexibility index (Phi) is 3.32. The molecule has 0 amide bonds. The van der Waals surface area contributed by atoms with E-state index in [4.69, 9.17) is 16.2 Å². The first-order valence-corrected chi connectivity index (χ1v) is 6.97. The highest BCUT2D eigenvalue weighted by Crippen LogP contribution is 2.35. The number of fused-ring (bicyclic) bond motifs is 1. The molecule has 1 aromatic carbocycles. The molecule has 0 aliphatic carbocycles. The zero-order chi connectivity index (χ0) is 15.9. The monoisotopic (exact) mass is 298 g/mol. The molecule has 0 saturated heterocycles. The molecule has 7 nitrogen and oxygen atoms in total. The Bertz CT molecular complexity index is 839. The van der Waals surface area contributed by atoms with Crippen LogP contribution in [0.3, 0.4) is 0 Å². The quantitative estimate of drug-likeness (QED) is 0.769. The number of hydrogen-bond donors (Lipinski definition) is 2. The van der Waals surface area contributed by atoms with Gasteiger partial charge in [-0.25, -0.2) is 4.98 Å². The van der Waals surface area contributed by atoms with Crippen LogP contribution in [0.5, 0.6) is 11.5 Å². The molecule has 3 aromatic rings. The highest BCUT2D eigenvalue weighted by molar-refractivity contribution is 5.82. The number of hydrogen-bond acceptors (Lipinski definition) is 6. The fourth-order valence-corrected chi connectivity index (χ4v) is 2.33. The Labute approximate surface area is 127 Å². The van der Waals surface area contributed by atoms with E-state index in [1.807, 2.05) is 17.8 Å². The second-order valence-electron chi connectivity index (χ2n) is 5.45. The molecule has 2 heterocycles. The third-order valence-electron chi connectivity index (χ3n) is 3.52. The Morgan fingerprint density at radius 2 is 1.91 bits per heavy atom. The molecule has 2 aromatic heterocycles. The molecule has 0 bridgehead atoms. The SMILES string of the molecule is CC(C)c1cc2c(cnn2C)cc1Oc1cnc(N)nc1N. The van der Waals surface area contributed by atoms with Gasteiger partial charge in [-0.2, -0.15) is 10.1 Å². The summed E-state index contributed by atoms with van der Waals surface area (Å²) >= 11 is 0. The highest BCUT2D eigenvalue weighted by Gasteiger charge is 2.14. The summed E-state index contributed by atoms with van der Waals surface area (Å²) in [5.41, 5.74) is 13.5. The van der Waals surface area contributed by atoms with Gasteiger partial charge in [0.25, 0.3) is 0 Å². The van der Waals surface area contributed by atoms with E-state index in [1.165, 1.54) is 6.20 Å². The van der Waals surface area contributed by atoms with E-state index in [-0.39, 0.29) is 17.7 Å². The average Bonchev–Trinajstić information content (AvgIpc) is 2.82. The van der Waals surface area contributed by atoms with Crippen molar-refractivity contribution in [3.05, 3.63) is 30.1 Å². The maximum atomic E-state index is 5.93. The molecule has 3 rings (SSSR count). The van der Waals surface area contributed by atoms with Gasteiger partial charge < -0.3 is 16.2 Å². The Morgan fingerprint density at radius 3 is 2.59 bits per heavy atom. The number of rotatable bonds is 3. The smallest absolute Gasteiger partial charge is 0.222 e. The van der Waals surface area contributed by atoms with E-state index in [0.717, 1.165) is 22.2 Å². The summed E-state index contributed by atoms with van der Waals surface area (Å²) in [5.74, 6) is 1.73. The number of aromatic nitrogens is 4. The minimum atomic E-state index is 0.122. The van der Waals surface area contributed by atoms with Gasteiger partial charge in [-0.1, -0.05) is 13.8 Å². The summed E-state index contributed by atoms with van der Waals surface area (Å²) in [5, 5.41) is 5.27. The Morgan fingerprint density at radius 1 is 1.14 bits per heavy atom. The molecule has 0 aliphatic rings. The van der Waals surface area contributed by atoms with Crippen molar-refractivity contribution in [1.82, 2.24) is 19.7 Å². The van der Waals surface area contributed by atoms with Crippen LogP contribution >= 0.6 is 0 Å². The van der Waals surface area contributed by atoms with Gasteiger partial charge >= 0.3 is 0 Å². The van der Waals surface area contributed by atoms with Gasteiger partial charge in [-0.05, 0) is 23.6 Å². The van der Waals surface area contributed by atoms with Gasteiger partial charge in [0.05, 0.1) is 17.9 Å². The second kappa shape index (κ2) is 5.18. The van der Waals surface area contributed by atoms with Gasteiger partial charge in [0.2, 0.25) is 5.95 Å². The van der Waals surface area contributed by atoms with Gasteiger partial charge in [0, 0.05) is 12.4 Å². The molecule has 0 aliphatic heterocycles. The number of nitrogen functional groups attached to an aromatic ring is 2. The molecule has 0 atom stereocenters. The van der Waals surface area contributed by atoms with E-state index in [9.17, 15) is 0 Å². The number of anilines is 2. The number of nitrogens with zero attached hydrogens (tertiary/aromatic N) is 4. The molecule has 7 heteroatoms. The average molecular weight is 298 g/mol. The van der Waals surface area contributed by atoms with Crippen LogP contribution in [0.15, 0.2) is 24.5 Å². The van der Waals surface area contributed by atoms with Crippen molar-refractivity contribution in [3.63, 3.8) is 0 Å². The summed E-state index contributed by atoms with van der Waals surface area (Å²) in [4.78, 5) is 7.84. The molecular weight excluding hydrogens is 280 g/mol. The summed E-state index contributed by atoms with van der Waals surface area (Å²) in [7, 11) is 1.92. The number of nitrogens with two attached hydrogens (primary N) is 2. The van der Waals surface area contributed by atoms with E-state index in [2.05, 4.69) is 35.0 Å². The highest BCUT2D eigenvalue weighted by atomic mass is 16.5. The fourth-order valence-electron chi connectivity index (χ4n) is 2.33. The van der Waals surface area contributed by atoms with Crippen molar-refractivity contribution >= 4 is 22.7 Å². The Balaban J connectivity index is 2.10. The standard InChI is InChI=1S/C15H18N6O/c1-8(2)10-5-11-9(6-19-21(11)3)4-12(10)22-13-7-18-15(17)20-14(13)16/h4-8H,1-3H3,(H4,16,17,18,20). The normalized spacial score (nSPS) is 11.3. The van der Waals surface area contributed by atoms with Crippen LogP contribution in [0, 0.1) is 0 Å².